The highest BCUT2D eigenvalue weighted by atomic mass is 16.5. The molecule has 0 saturated carbocycles. The number of aliphatic hydroxyl groups excluding tert-OH is 1. The van der Waals surface area contributed by atoms with E-state index in [0.29, 0.717) is 11.3 Å². The van der Waals surface area contributed by atoms with Gasteiger partial charge in [-0.3, -0.25) is 4.79 Å². The number of benzene rings is 2. The molecule has 5 nitrogen and oxygen atoms in total. The molecule has 1 unspecified atom stereocenters. The van der Waals surface area contributed by atoms with Gasteiger partial charge in [-0.25, -0.2) is 0 Å². The molecule has 21 heavy (non-hydrogen) atoms. The number of carbonyl (C=O) groups excluding carboxylic acids is 1. The Morgan fingerprint density at radius 1 is 1.24 bits per heavy atom. The average molecular weight is 282 g/mol. The van der Waals surface area contributed by atoms with Crippen LogP contribution in [0.15, 0.2) is 48.5 Å². The molecule has 1 atom stereocenters. The molecule has 0 saturated heterocycles. The zero-order valence-corrected chi connectivity index (χ0v) is 11.4. The Bertz CT molecular complexity index is 678. The van der Waals surface area contributed by atoms with E-state index in [-0.39, 0.29) is 11.3 Å². The van der Waals surface area contributed by atoms with Crippen molar-refractivity contribution in [2.75, 3.05) is 12.4 Å². The molecule has 0 aliphatic carbocycles. The van der Waals surface area contributed by atoms with Crippen molar-refractivity contribution >= 4 is 11.6 Å². The molecule has 2 N–H and O–H groups in total. The van der Waals surface area contributed by atoms with E-state index in [0.717, 1.165) is 0 Å². The fourth-order valence-corrected chi connectivity index (χ4v) is 1.90. The van der Waals surface area contributed by atoms with Crippen molar-refractivity contribution in [3.63, 3.8) is 0 Å². The van der Waals surface area contributed by atoms with Gasteiger partial charge in [0.15, 0.2) is 6.10 Å². The van der Waals surface area contributed by atoms with E-state index in [9.17, 15) is 9.90 Å². The number of nitrogens with one attached hydrogen (secondary N) is 1. The molecule has 5 heteroatoms. The second-order valence-corrected chi connectivity index (χ2v) is 4.30. The third-order valence-corrected chi connectivity index (χ3v) is 2.98. The highest BCUT2D eigenvalue weighted by Crippen LogP contribution is 2.28. The number of nitriles is 1. The monoisotopic (exact) mass is 282 g/mol. The zero-order valence-electron chi connectivity index (χ0n) is 11.4. The molecule has 2 aromatic carbocycles. The summed E-state index contributed by atoms with van der Waals surface area (Å²) in [4.78, 5) is 12.1. The lowest BCUT2D eigenvalue weighted by Gasteiger charge is -2.15. The van der Waals surface area contributed by atoms with Crippen LogP contribution in [0.3, 0.4) is 0 Å². The van der Waals surface area contributed by atoms with Gasteiger partial charge in [0.05, 0.1) is 12.7 Å². The number of nitrogens with zero attached hydrogens (tertiary/aromatic N) is 1. The van der Waals surface area contributed by atoms with Crippen LogP contribution in [-0.4, -0.2) is 18.1 Å². The number of carbonyl (C=O) groups is 1. The van der Waals surface area contributed by atoms with Gasteiger partial charge < -0.3 is 15.2 Å². The quantitative estimate of drug-likeness (QED) is 0.901. The van der Waals surface area contributed by atoms with Gasteiger partial charge in [-0.1, -0.05) is 36.4 Å². The molecule has 0 radical (unpaired) electrons. The van der Waals surface area contributed by atoms with Crippen LogP contribution in [0.5, 0.6) is 5.75 Å². The van der Waals surface area contributed by atoms with Gasteiger partial charge in [0.1, 0.15) is 17.5 Å². The molecule has 0 heterocycles. The Morgan fingerprint density at radius 3 is 2.57 bits per heavy atom. The summed E-state index contributed by atoms with van der Waals surface area (Å²) in [5.74, 6) is -0.259. The smallest absolute Gasteiger partial charge is 0.257 e. The number of aliphatic hydroxyl groups is 1. The molecule has 0 aromatic heterocycles. The number of rotatable bonds is 4. The molecule has 0 fully saturated rings. The van der Waals surface area contributed by atoms with E-state index < -0.39 is 12.0 Å². The van der Waals surface area contributed by atoms with Gasteiger partial charge in [0, 0.05) is 0 Å². The summed E-state index contributed by atoms with van der Waals surface area (Å²) in [6, 6.07) is 15.4. The predicted molar refractivity (Wildman–Crippen MR) is 77.7 cm³/mol. The first-order chi connectivity index (χ1) is 10.2. The van der Waals surface area contributed by atoms with E-state index in [1.807, 2.05) is 6.07 Å². The Hall–Kier alpha value is -2.84. The minimum atomic E-state index is -1.32. The maximum Gasteiger partial charge on any atom is 0.257 e. The molecule has 0 spiro atoms. The summed E-state index contributed by atoms with van der Waals surface area (Å²) < 4.78 is 5.13. The van der Waals surface area contributed by atoms with E-state index in [1.165, 1.54) is 7.11 Å². The first kappa shape index (κ1) is 14.6. The molecular formula is C16H14N2O3. The lowest BCUT2D eigenvalue weighted by Crippen LogP contribution is -2.21. The van der Waals surface area contributed by atoms with Crippen molar-refractivity contribution in [2.45, 2.75) is 6.10 Å². The maximum absolute atomic E-state index is 12.1. The standard InChI is InChI=1S/C16H14N2O3/c1-21-13-9-5-8-12(10-17)14(13)18-16(20)15(19)11-6-3-2-4-7-11/h2-9,15,19H,1H3,(H,18,20). The van der Waals surface area contributed by atoms with Gasteiger partial charge in [0.2, 0.25) is 0 Å². The normalized spacial score (nSPS) is 11.3. The van der Waals surface area contributed by atoms with Crippen molar-refractivity contribution in [3.8, 4) is 11.8 Å². The first-order valence-corrected chi connectivity index (χ1v) is 6.28. The fourth-order valence-electron chi connectivity index (χ4n) is 1.90. The maximum atomic E-state index is 12.1. The van der Waals surface area contributed by atoms with Crippen molar-refractivity contribution in [1.29, 1.82) is 5.26 Å². The number of amides is 1. The highest BCUT2D eigenvalue weighted by Gasteiger charge is 2.20. The lowest BCUT2D eigenvalue weighted by atomic mass is 10.1. The van der Waals surface area contributed by atoms with E-state index in [2.05, 4.69) is 5.32 Å². The predicted octanol–water partition coefficient (Wildman–Crippen LogP) is 2.24. The van der Waals surface area contributed by atoms with Crippen molar-refractivity contribution in [1.82, 2.24) is 0 Å². The van der Waals surface area contributed by atoms with E-state index >= 15 is 0 Å². The van der Waals surface area contributed by atoms with Gasteiger partial charge in [-0.2, -0.15) is 5.26 Å². The second kappa shape index (κ2) is 6.55. The average Bonchev–Trinajstić information content (AvgIpc) is 2.55. The number of ether oxygens (including phenoxy) is 1. The van der Waals surface area contributed by atoms with Crippen LogP contribution < -0.4 is 10.1 Å². The van der Waals surface area contributed by atoms with Crippen LogP contribution in [0.2, 0.25) is 0 Å². The van der Waals surface area contributed by atoms with E-state index in [1.54, 1.807) is 48.5 Å². The summed E-state index contributed by atoms with van der Waals surface area (Å²) in [5, 5.41) is 21.7. The summed E-state index contributed by atoms with van der Waals surface area (Å²) in [6.45, 7) is 0. The third kappa shape index (κ3) is 3.19. The highest BCUT2D eigenvalue weighted by molar-refractivity contribution is 5.97. The second-order valence-electron chi connectivity index (χ2n) is 4.30. The Balaban J connectivity index is 2.26. The Kier molecular flexibility index (Phi) is 4.54. The van der Waals surface area contributed by atoms with Crippen LogP contribution in [0.25, 0.3) is 0 Å². The third-order valence-electron chi connectivity index (χ3n) is 2.98. The number of methoxy groups -OCH3 is 1. The molecule has 0 aliphatic rings. The largest absolute Gasteiger partial charge is 0.495 e. The summed E-state index contributed by atoms with van der Waals surface area (Å²) in [5.41, 5.74) is 0.994. The van der Waals surface area contributed by atoms with Crippen molar-refractivity contribution in [2.24, 2.45) is 0 Å². The summed E-state index contributed by atoms with van der Waals surface area (Å²) >= 11 is 0. The molecule has 1 amide bonds. The van der Waals surface area contributed by atoms with Gasteiger partial charge in [-0.05, 0) is 17.7 Å². The molecule has 2 rings (SSSR count). The fraction of sp³-hybridized carbons (Fsp3) is 0.125. The molecule has 2 aromatic rings. The minimum Gasteiger partial charge on any atom is -0.495 e. The minimum absolute atomic E-state index is 0.252. The lowest BCUT2D eigenvalue weighted by molar-refractivity contribution is -0.124. The van der Waals surface area contributed by atoms with Gasteiger partial charge in [0.25, 0.3) is 5.91 Å². The SMILES string of the molecule is COc1cccc(C#N)c1NC(=O)C(O)c1ccccc1. The molecule has 0 bridgehead atoms. The van der Waals surface area contributed by atoms with Gasteiger partial charge >= 0.3 is 0 Å². The summed E-state index contributed by atoms with van der Waals surface area (Å²) in [7, 11) is 1.44. The number of para-hydroxylation sites is 1. The van der Waals surface area contributed by atoms with Crippen LogP contribution in [0.1, 0.15) is 17.2 Å². The number of anilines is 1. The Morgan fingerprint density at radius 2 is 1.95 bits per heavy atom. The van der Waals surface area contributed by atoms with Crippen molar-refractivity contribution in [3.05, 3.63) is 59.7 Å². The van der Waals surface area contributed by atoms with E-state index in [4.69, 9.17) is 10.00 Å². The Labute approximate surface area is 122 Å². The zero-order chi connectivity index (χ0) is 15.2. The van der Waals surface area contributed by atoms with Crippen LogP contribution in [0.4, 0.5) is 5.69 Å². The molecular weight excluding hydrogens is 268 g/mol. The van der Waals surface area contributed by atoms with Crippen LogP contribution >= 0.6 is 0 Å². The topological polar surface area (TPSA) is 82.3 Å². The number of hydrogen-bond donors (Lipinski definition) is 2. The van der Waals surface area contributed by atoms with Crippen LogP contribution in [0, 0.1) is 11.3 Å². The molecule has 0 aliphatic heterocycles. The molecule has 106 valence electrons. The van der Waals surface area contributed by atoms with Crippen molar-refractivity contribution < 1.29 is 14.6 Å². The number of hydrogen-bond acceptors (Lipinski definition) is 4. The first-order valence-electron chi connectivity index (χ1n) is 6.28. The van der Waals surface area contributed by atoms with Gasteiger partial charge in [-0.15, -0.1) is 0 Å². The summed E-state index contributed by atoms with van der Waals surface area (Å²) in [6.07, 6.45) is -1.32. The van der Waals surface area contributed by atoms with Crippen LogP contribution in [-0.2, 0) is 4.79 Å².